The summed E-state index contributed by atoms with van der Waals surface area (Å²) in [6.45, 7) is 6.35. The minimum atomic E-state index is 0.532. The van der Waals surface area contributed by atoms with Gasteiger partial charge in [-0.3, -0.25) is 4.79 Å². The second-order valence-electron chi connectivity index (χ2n) is 3.81. The lowest BCUT2D eigenvalue weighted by Crippen LogP contribution is -2.24. The van der Waals surface area contributed by atoms with Crippen molar-refractivity contribution in [3.63, 3.8) is 0 Å². The molecule has 88 valence electrons. The monoisotopic (exact) mass is 239 g/mol. The molecule has 1 aromatic rings. The molecule has 0 radical (unpaired) electrons. The van der Waals surface area contributed by atoms with Crippen molar-refractivity contribution in [3.8, 4) is 0 Å². The van der Waals surface area contributed by atoms with Gasteiger partial charge in [0.2, 0.25) is 0 Å². The van der Waals surface area contributed by atoms with Crippen molar-refractivity contribution >= 4 is 23.6 Å². The van der Waals surface area contributed by atoms with Crippen LogP contribution in [-0.2, 0) is 0 Å². The molecule has 0 spiro atoms. The highest BCUT2D eigenvalue weighted by molar-refractivity contribution is 6.33. The Kier molecular flexibility index (Phi) is 5.33. The van der Waals surface area contributed by atoms with Crippen molar-refractivity contribution in [2.24, 2.45) is 0 Å². The van der Waals surface area contributed by atoms with E-state index < -0.39 is 0 Å². The number of benzene rings is 1. The van der Waals surface area contributed by atoms with Crippen LogP contribution in [0, 0.1) is 0 Å². The molecule has 3 heteroatoms. The minimum Gasteiger partial charge on any atom is -0.372 e. The second-order valence-corrected chi connectivity index (χ2v) is 4.22. The number of hydrogen-bond donors (Lipinski definition) is 0. The SMILES string of the molecule is CCCN(CCC)c1ccc(C=O)c(Cl)c1. The maximum Gasteiger partial charge on any atom is 0.151 e. The molecular weight excluding hydrogens is 222 g/mol. The van der Waals surface area contributed by atoms with Gasteiger partial charge in [0, 0.05) is 24.3 Å². The standard InChI is InChI=1S/C13H18ClNO/c1-3-7-15(8-4-2)12-6-5-11(10-16)13(14)9-12/h5-6,9-10H,3-4,7-8H2,1-2H3. The Bertz CT molecular complexity index is 346. The summed E-state index contributed by atoms with van der Waals surface area (Å²) >= 11 is 6.02. The Balaban J connectivity index is 2.91. The highest BCUT2D eigenvalue weighted by atomic mass is 35.5. The maximum atomic E-state index is 10.7. The van der Waals surface area contributed by atoms with Gasteiger partial charge in [0.1, 0.15) is 0 Å². The molecule has 0 bridgehead atoms. The Labute approximate surface area is 102 Å². The Hall–Kier alpha value is -1.02. The van der Waals surface area contributed by atoms with Gasteiger partial charge in [-0.25, -0.2) is 0 Å². The van der Waals surface area contributed by atoms with Gasteiger partial charge in [-0.05, 0) is 31.0 Å². The van der Waals surface area contributed by atoms with E-state index in [1.807, 2.05) is 12.1 Å². The van der Waals surface area contributed by atoms with Gasteiger partial charge in [0.05, 0.1) is 5.02 Å². The first kappa shape index (κ1) is 13.0. The Morgan fingerprint density at radius 2 is 1.88 bits per heavy atom. The number of carbonyl (C=O) groups is 1. The number of anilines is 1. The number of halogens is 1. The van der Waals surface area contributed by atoms with Crippen LogP contribution in [-0.4, -0.2) is 19.4 Å². The molecule has 0 aromatic heterocycles. The summed E-state index contributed by atoms with van der Waals surface area (Å²) in [6, 6.07) is 5.61. The third kappa shape index (κ3) is 3.24. The molecule has 0 aliphatic heterocycles. The van der Waals surface area contributed by atoms with E-state index in [1.165, 1.54) is 0 Å². The number of aldehydes is 1. The van der Waals surface area contributed by atoms with Crippen LogP contribution in [0.1, 0.15) is 37.0 Å². The Morgan fingerprint density at radius 1 is 1.25 bits per heavy atom. The molecule has 16 heavy (non-hydrogen) atoms. The van der Waals surface area contributed by atoms with Crippen LogP contribution in [0.4, 0.5) is 5.69 Å². The topological polar surface area (TPSA) is 20.3 Å². The molecule has 0 saturated heterocycles. The van der Waals surface area contributed by atoms with Gasteiger partial charge in [-0.1, -0.05) is 25.4 Å². The molecule has 0 atom stereocenters. The first-order chi connectivity index (χ1) is 7.72. The summed E-state index contributed by atoms with van der Waals surface area (Å²) in [7, 11) is 0. The predicted molar refractivity (Wildman–Crippen MR) is 69.6 cm³/mol. The van der Waals surface area contributed by atoms with Crippen LogP contribution < -0.4 is 4.90 Å². The van der Waals surface area contributed by atoms with E-state index in [0.29, 0.717) is 10.6 Å². The third-order valence-electron chi connectivity index (χ3n) is 2.46. The normalized spacial score (nSPS) is 10.2. The van der Waals surface area contributed by atoms with Crippen molar-refractivity contribution in [3.05, 3.63) is 28.8 Å². The zero-order valence-electron chi connectivity index (χ0n) is 9.87. The average Bonchev–Trinajstić information content (AvgIpc) is 2.28. The second kappa shape index (κ2) is 6.54. The van der Waals surface area contributed by atoms with E-state index in [-0.39, 0.29) is 0 Å². The predicted octanol–water partition coefficient (Wildman–Crippen LogP) is 3.78. The largest absolute Gasteiger partial charge is 0.372 e. The van der Waals surface area contributed by atoms with E-state index in [1.54, 1.807) is 6.07 Å². The number of hydrogen-bond acceptors (Lipinski definition) is 2. The lowest BCUT2D eigenvalue weighted by Gasteiger charge is -2.24. The van der Waals surface area contributed by atoms with Crippen molar-refractivity contribution in [1.29, 1.82) is 0 Å². The van der Waals surface area contributed by atoms with Gasteiger partial charge in [-0.15, -0.1) is 0 Å². The highest BCUT2D eigenvalue weighted by Crippen LogP contribution is 2.23. The molecular formula is C13H18ClNO. The van der Waals surface area contributed by atoms with Gasteiger partial charge in [-0.2, -0.15) is 0 Å². The molecule has 0 saturated carbocycles. The third-order valence-corrected chi connectivity index (χ3v) is 2.79. The first-order valence-electron chi connectivity index (χ1n) is 5.72. The highest BCUT2D eigenvalue weighted by Gasteiger charge is 2.07. The van der Waals surface area contributed by atoms with Crippen molar-refractivity contribution in [2.75, 3.05) is 18.0 Å². The summed E-state index contributed by atoms with van der Waals surface area (Å²) in [6.07, 6.45) is 3.00. The van der Waals surface area contributed by atoms with Crippen molar-refractivity contribution < 1.29 is 4.79 Å². The average molecular weight is 240 g/mol. The summed E-state index contributed by atoms with van der Waals surface area (Å²) in [5, 5.41) is 0.532. The van der Waals surface area contributed by atoms with E-state index >= 15 is 0 Å². The molecule has 1 aromatic carbocycles. The number of rotatable bonds is 6. The van der Waals surface area contributed by atoms with Gasteiger partial charge in [0.15, 0.2) is 6.29 Å². The molecule has 0 amide bonds. The lowest BCUT2D eigenvalue weighted by atomic mass is 10.2. The smallest absolute Gasteiger partial charge is 0.151 e. The molecule has 0 heterocycles. The van der Waals surface area contributed by atoms with Crippen LogP contribution in [0.3, 0.4) is 0 Å². The minimum absolute atomic E-state index is 0.532. The summed E-state index contributed by atoms with van der Waals surface area (Å²) < 4.78 is 0. The maximum absolute atomic E-state index is 10.7. The molecule has 0 aliphatic rings. The van der Waals surface area contributed by atoms with Gasteiger partial charge < -0.3 is 4.90 Å². The summed E-state index contributed by atoms with van der Waals surface area (Å²) in [5.41, 5.74) is 1.65. The molecule has 0 N–H and O–H groups in total. The van der Waals surface area contributed by atoms with Crippen LogP contribution in [0.2, 0.25) is 5.02 Å². The summed E-state index contributed by atoms with van der Waals surface area (Å²) in [4.78, 5) is 13.0. The quantitative estimate of drug-likeness (QED) is 0.705. The fraction of sp³-hybridized carbons (Fsp3) is 0.462. The van der Waals surface area contributed by atoms with Crippen LogP contribution in [0.5, 0.6) is 0 Å². The zero-order valence-corrected chi connectivity index (χ0v) is 10.6. The van der Waals surface area contributed by atoms with Crippen LogP contribution >= 0.6 is 11.6 Å². The lowest BCUT2D eigenvalue weighted by molar-refractivity contribution is 0.112. The van der Waals surface area contributed by atoms with Gasteiger partial charge >= 0.3 is 0 Å². The van der Waals surface area contributed by atoms with E-state index in [4.69, 9.17) is 11.6 Å². The van der Waals surface area contributed by atoms with Gasteiger partial charge in [0.25, 0.3) is 0 Å². The van der Waals surface area contributed by atoms with Crippen molar-refractivity contribution in [2.45, 2.75) is 26.7 Å². The van der Waals surface area contributed by atoms with E-state index in [9.17, 15) is 4.79 Å². The number of carbonyl (C=O) groups excluding carboxylic acids is 1. The molecule has 0 unspecified atom stereocenters. The molecule has 0 fully saturated rings. The van der Waals surface area contributed by atoms with Crippen LogP contribution in [0.15, 0.2) is 18.2 Å². The number of nitrogens with zero attached hydrogens (tertiary/aromatic N) is 1. The van der Waals surface area contributed by atoms with Crippen LogP contribution in [0.25, 0.3) is 0 Å². The zero-order chi connectivity index (χ0) is 12.0. The summed E-state index contributed by atoms with van der Waals surface area (Å²) in [5.74, 6) is 0. The fourth-order valence-corrected chi connectivity index (χ4v) is 1.94. The first-order valence-corrected chi connectivity index (χ1v) is 6.10. The molecule has 1 rings (SSSR count). The molecule has 0 aliphatic carbocycles. The van der Waals surface area contributed by atoms with E-state index in [0.717, 1.165) is 37.9 Å². The van der Waals surface area contributed by atoms with E-state index in [2.05, 4.69) is 18.7 Å². The Morgan fingerprint density at radius 3 is 2.31 bits per heavy atom. The van der Waals surface area contributed by atoms with Crippen molar-refractivity contribution in [1.82, 2.24) is 0 Å². The molecule has 2 nitrogen and oxygen atoms in total. The fourth-order valence-electron chi connectivity index (χ4n) is 1.72.